The van der Waals surface area contributed by atoms with Gasteiger partial charge in [-0.15, -0.1) is 0 Å². The molecule has 1 N–H and O–H groups in total. The molecule has 236 valence electrons. The van der Waals surface area contributed by atoms with Crippen LogP contribution in [0, 0.1) is 5.92 Å². The summed E-state index contributed by atoms with van der Waals surface area (Å²) in [6.07, 6.45) is -0.0527. The van der Waals surface area contributed by atoms with E-state index < -0.39 is 28.7 Å². The number of carbonyl (C=O) groups excluding carboxylic acids is 1. The molecule has 4 aromatic rings. The van der Waals surface area contributed by atoms with Gasteiger partial charge in [-0.25, -0.2) is 0 Å². The Morgan fingerprint density at radius 3 is 1.24 bits per heavy atom. The van der Waals surface area contributed by atoms with E-state index in [-0.39, 0.29) is 35.0 Å². The molecule has 0 spiro atoms. The normalized spacial score (nSPS) is 19.8. The molecule has 0 aliphatic heterocycles. The van der Waals surface area contributed by atoms with E-state index in [4.69, 9.17) is 8.85 Å². The lowest BCUT2D eigenvalue weighted by atomic mass is 9.84. The summed E-state index contributed by atoms with van der Waals surface area (Å²) in [7, 11) is -5.89. The van der Waals surface area contributed by atoms with E-state index in [1.165, 1.54) is 10.4 Å². The van der Waals surface area contributed by atoms with Crippen molar-refractivity contribution in [3.63, 3.8) is 0 Å². The molecule has 1 aliphatic rings. The summed E-state index contributed by atoms with van der Waals surface area (Å²) >= 11 is 0. The van der Waals surface area contributed by atoms with Crippen molar-refractivity contribution in [2.45, 2.75) is 76.7 Å². The van der Waals surface area contributed by atoms with Crippen molar-refractivity contribution in [1.29, 1.82) is 0 Å². The molecule has 5 rings (SSSR count). The van der Waals surface area contributed by atoms with E-state index in [0.29, 0.717) is 6.42 Å². The highest BCUT2D eigenvalue weighted by Gasteiger charge is 2.56. The molecule has 6 heteroatoms. The molecule has 3 unspecified atom stereocenters. The molecule has 0 aromatic heterocycles. The van der Waals surface area contributed by atoms with Crippen LogP contribution in [-0.4, -0.2) is 46.3 Å². The van der Waals surface area contributed by atoms with Crippen LogP contribution in [0.25, 0.3) is 0 Å². The fourth-order valence-electron chi connectivity index (χ4n) is 7.39. The van der Waals surface area contributed by atoms with Crippen LogP contribution in [0.1, 0.15) is 54.4 Å². The first-order valence-corrected chi connectivity index (χ1v) is 20.0. The number of aliphatic hydroxyl groups is 1. The molecule has 1 saturated carbocycles. The topological polar surface area (TPSA) is 55.8 Å². The SMILES string of the molecule is CC(C)(C)[Si](OC1CC(=O)C(CO)C(O[Si](c2ccccc2)(c2ccccc2)C(C)(C)C)C1)(c1ccccc1)c1ccccc1. The van der Waals surface area contributed by atoms with Gasteiger partial charge in [-0.1, -0.05) is 163 Å². The van der Waals surface area contributed by atoms with Gasteiger partial charge >= 0.3 is 0 Å². The van der Waals surface area contributed by atoms with E-state index >= 15 is 0 Å². The molecule has 1 aliphatic carbocycles. The third kappa shape index (κ3) is 6.31. The number of Topliss-reactive ketones (excluding diaryl/α,β-unsaturated/α-hetero) is 1. The molecule has 45 heavy (non-hydrogen) atoms. The van der Waals surface area contributed by atoms with Crippen molar-refractivity contribution in [1.82, 2.24) is 0 Å². The summed E-state index contributed by atoms with van der Waals surface area (Å²) in [5.74, 6) is -0.597. The van der Waals surface area contributed by atoms with Gasteiger partial charge in [0.05, 0.1) is 24.7 Å². The maximum atomic E-state index is 14.0. The lowest BCUT2D eigenvalue weighted by molar-refractivity contribution is -0.134. The van der Waals surface area contributed by atoms with Gasteiger partial charge < -0.3 is 14.0 Å². The van der Waals surface area contributed by atoms with Crippen molar-refractivity contribution in [3.05, 3.63) is 121 Å². The summed E-state index contributed by atoms with van der Waals surface area (Å²) < 4.78 is 15.0. The second kappa shape index (κ2) is 13.3. The second-order valence-corrected chi connectivity index (χ2v) is 22.9. The minimum absolute atomic E-state index is 0.00890. The summed E-state index contributed by atoms with van der Waals surface area (Å²) in [6, 6.07) is 42.1. The van der Waals surface area contributed by atoms with Crippen molar-refractivity contribution in [2.75, 3.05) is 6.61 Å². The standard InChI is InChI=1S/C39H48O4Si2/c1-38(2,3)44(31-19-11-7-12-20-31,32-21-13-8-14-22-32)42-30-27-36(41)35(29-40)37(28-30)43-45(39(4,5)6,33-23-15-9-16-24-33)34-25-17-10-18-26-34/h7-26,30,35,37,40H,27-29H2,1-6H3. The predicted molar refractivity (Wildman–Crippen MR) is 190 cm³/mol. The maximum Gasteiger partial charge on any atom is 0.261 e. The molecular formula is C39H48O4Si2. The van der Waals surface area contributed by atoms with Gasteiger partial charge in [0.2, 0.25) is 0 Å². The fraction of sp³-hybridized carbons (Fsp3) is 0.359. The van der Waals surface area contributed by atoms with E-state index in [1.807, 2.05) is 24.3 Å². The average Bonchev–Trinajstić information content (AvgIpc) is 3.03. The zero-order chi connectivity index (χ0) is 32.3. The molecule has 3 atom stereocenters. The van der Waals surface area contributed by atoms with Crippen LogP contribution in [0.3, 0.4) is 0 Å². The molecule has 0 saturated heterocycles. The third-order valence-electron chi connectivity index (χ3n) is 9.49. The quantitative estimate of drug-likeness (QED) is 0.234. The minimum Gasteiger partial charge on any atom is -0.404 e. The smallest absolute Gasteiger partial charge is 0.261 e. The first-order valence-electron chi connectivity index (χ1n) is 16.2. The zero-order valence-corrected chi connectivity index (χ0v) is 29.6. The van der Waals surface area contributed by atoms with Crippen molar-refractivity contribution in [2.24, 2.45) is 5.92 Å². The van der Waals surface area contributed by atoms with Crippen LogP contribution in [0.2, 0.25) is 10.1 Å². The Kier molecular flexibility index (Phi) is 9.83. The van der Waals surface area contributed by atoms with Gasteiger partial charge in [0.1, 0.15) is 5.78 Å². The first kappa shape index (κ1) is 33.2. The Morgan fingerprint density at radius 1 is 0.600 bits per heavy atom. The van der Waals surface area contributed by atoms with Crippen molar-refractivity contribution >= 4 is 43.2 Å². The summed E-state index contributed by atoms with van der Waals surface area (Å²) in [5.41, 5.74) is 0. The minimum atomic E-state index is -2.98. The molecule has 1 fully saturated rings. The molecule has 0 heterocycles. The highest BCUT2D eigenvalue weighted by Crippen LogP contribution is 2.43. The molecule has 0 amide bonds. The van der Waals surface area contributed by atoms with E-state index in [2.05, 4.69) is 139 Å². The van der Waals surface area contributed by atoms with Gasteiger partial charge in [-0.05, 0) is 37.2 Å². The van der Waals surface area contributed by atoms with Gasteiger partial charge in [-0.3, -0.25) is 4.79 Å². The summed E-state index contributed by atoms with van der Waals surface area (Å²) in [6.45, 7) is 13.3. The molecule has 4 aromatic carbocycles. The van der Waals surface area contributed by atoms with E-state index in [9.17, 15) is 9.90 Å². The molecule has 4 nitrogen and oxygen atoms in total. The zero-order valence-electron chi connectivity index (χ0n) is 27.6. The van der Waals surface area contributed by atoms with Crippen molar-refractivity contribution in [3.8, 4) is 0 Å². The Hall–Kier alpha value is -3.14. The predicted octanol–water partition coefficient (Wildman–Crippen LogP) is 5.85. The lowest BCUT2D eigenvalue weighted by Crippen LogP contribution is -2.70. The van der Waals surface area contributed by atoms with Crippen LogP contribution in [0.15, 0.2) is 121 Å². The van der Waals surface area contributed by atoms with Crippen LogP contribution in [-0.2, 0) is 13.6 Å². The second-order valence-electron chi connectivity index (χ2n) is 14.4. The highest BCUT2D eigenvalue weighted by atomic mass is 28.4. The molecule has 0 radical (unpaired) electrons. The van der Waals surface area contributed by atoms with Gasteiger partial charge in [0, 0.05) is 6.42 Å². The highest BCUT2D eigenvalue weighted by molar-refractivity contribution is 7.00. The fourth-order valence-corrected chi connectivity index (χ4v) is 16.8. The number of hydrogen-bond acceptors (Lipinski definition) is 4. The third-order valence-corrected chi connectivity index (χ3v) is 19.6. The number of carbonyl (C=O) groups is 1. The lowest BCUT2D eigenvalue weighted by Gasteiger charge is -2.50. The van der Waals surface area contributed by atoms with Crippen LogP contribution in [0.4, 0.5) is 0 Å². The molecular weight excluding hydrogens is 589 g/mol. The number of ketones is 1. The monoisotopic (exact) mass is 636 g/mol. The van der Waals surface area contributed by atoms with Gasteiger partial charge in [-0.2, -0.15) is 0 Å². The number of hydrogen-bond donors (Lipinski definition) is 1. The van der Waals surface area contributed by atoms with E-state index in [1.54, 1.807) is 0 Å². The van der Waals surface area contributed by atoms with Crippen LogP contribution >= 0.6 is 0 Å². The van der Waals surface area contributed by atoms with Gasteiger partial charge in [0.15, 0.2) is 0 Å². The van der Waals surface area contributed by atoms with Gasteiger partial charge in [0.25, 0.3) is 16.6 Å². The Morgan fingerprint density at radius 2 is 0.933 bits per heavy atom. The number of rotatable bonds is 9. The number of benzene rings is 4. The Balaban J connectivity index is 1.62. The van der Waals surface area contributed by atoms with Crippen LogP contribution in [0.5, 0.6) is 0 Å². The summed E-state index contributed by atoms with van der Waals surface area (Å²) in [5, 5.41) is 14.9. The first-order chi connectivity index (χ1) is 21.4. The molecule has 0 bridgehead atoms. The average molecular weight is 637 g/mol. The van der Waals surface area contributed by atoms with E-state index in [0.717, 1.165) is 10.4 Å². The van der Waals surface area contributed by atoms with Crippen LogP contribution < -0.4 is 20.7 Å². The Labute approximate surface area is 271 Å². The Bertz CT molecular complexity index is 1450. The van der Waals surface area contributed by atoms with Crippen molar-refractivity contribution < 1.29 is 18.8 Å². The summed E-state index contributed by atoms with van der Waals surface area (Å²) in [4.78, 5) is 14.0. The maximum absolute atomic E-state index is 14.0. The number of aliphatic hydroxyl groups excluding tert-OH is 1. The largest absolute Gasteiger partial charge is 0.404 e.